The minimum absolute atomic E-state index is 0. The molecule has 5 N–H and O–H groups in total. The Labute approximate surface area is 340 Å². The van der Waals surface area contributed by atoms with Crippen molar-refractivity contribution in [1.82, 2.24) is 29.8 Å². The fourth-order valence-corrected chi connectivity index (χ4v) is 4.73. The van der Waals surface area contributed by atoms with E-state index >= 15 is 0 Å². The first-order valence-electron chi connectivity index (χ1n) is 17.0. The van der Waals surface area contributed by atoms with Gasteiger partial charge in [0.15, 0.2) is 11.9 Å². The van der Waals surface area contributed by atoms with Crippen LogP contribution in [0.3, 0.4) is 0 Å². The topological polar surface area (TPSA) is 242 Å². The summed E-state index contributed by atoms with van der Waals surface area (Å²) in [5, 5.41) is 54.3. The van der Waals surface area contributed by atoms with Crippen molar-refractivity contribution >= 4 is 42.5 Å². The molecule has 2 aromatic heterocycles. The molecular weight excluding hydrogens is 712 g/mol. The zero-order valence-electron chi connectivity index (χ0n) is 33.2. The van der Waals surface area contributed by atoms with Gasteiger partial charge in [0.1, 0.15) is 13.8 Å². The Morgan fingerprint density at radius 3 is 1.70 bits per heavy atom. The van der Waals surface area contributed by atoms with E-state index < -0.39 is 29.8 Å². The van der Waals surface area contributed by atoms with Crippen LogP contribution in [0.25, 0.3) is 11.1 Å². The van der Waals surface area contributed by atoms with Gasteiger partial charge in [0.25, 0.3) is 17.9 Å². The van der Waals surface area contributed by atoms with E-state index in [0.29, 0.717) is 19.8 Å². The van der Waals surface area contributed by atoms with E-state index in [2.05, 4.69) is 64.5 Å². The van der Waals surface area contributed by atoms with Gasteiger partial charge in [-0.25, -0.2) is 0 Å². The van der Waals surface area contributed by atoms with Crippen LogP contribution >= 0.6 is 0 Å². The molecule has 2 aromatic rings. The molecule has 1 atom stereocenters. The number of rotatable bonds is 9. The molecule has 0 fully saturated rings. The molecular formula is C35H55BN7NaO10. The van der Waals surface area contributed by atoms with Crippen molar-refractivity contribution < 1.29 is 78.5 Å². The van der Waals surface area contributed by atoms with Gasteiger partial charge >= 0.3 is 29.6 Å². The zero-order chi connectivity index (χ0) is 40.7. The molecule has 0 saturated carbocycles. The summed E-state index contributed by atoms with van der Waals surface area (Å²) in [5.41, 5.74) is 7.03. The quantitative estimate of drug-likeness (QED) is 0.151. The number of carboxylic acids is 1. The molecule has 17 nitrogen and oxygen atoms in total. The van der Waals surface area contributed by atoms with E-state index in [-0.39, 0.29) is 42.8 Å². The average Bonchev–Trinajstić information content (AvgIpc) is 3.79. The number of Topliss-reactive ketones (excluding diaryl/α,β-unsaturated/α-hetero) is 1. The smallest absolute Gasteiger partial charge is 0.702 e. The monoisotopic (exact) mass is 767 g/mol. The summed E-state index contributed by atoms with van der Waals surface area (Å²) in [6.07, 6.45) is 4.11. The number of nitriles is 1. The third kappa shape index (κ3) is 20.7. The van der Waals surface area contributed by atoms with Crippen LogP contribution < -0.4 is 34.9 Å². The maximum Gasteiger partial charge on any atom is 1.00 e. The summed E-state index contributed by atoms with van der Waals surface area (Å²) in [6, 6.07) is 6.14. The minimum atomic E-state index is -1.43. The van der Waals surface area contributed by atoms with Gasteiger partial charge in [-0.05, 0) is 95.5 Å². The third-order valence-corrected chi connectivity index (χ3v) is 7.24. The Hall–Kier alpha value is -3.67. The molecule has 0 amide bonds. The van der Waals surface area contributed by atoms with E-state index in [9.17, 15) is 24.6 Å². The summed E-state index contributed by atoms with van der Waals surface area (Å²) < 4.78 is 12.3. The van der Waals surface area contributed by atoms with Crippen LogP contribution in [-0.4, -0.2) is 129 Å². The van der Waals surface area contributed by atoms with E-state index in [0.717, 1.165) is 75.4 Å². The predicted molar refractivity (Wildman–Crippen MR) is 198 cm³/mol. The second kappa shape index (κ2) is 28.7. The summed E-state index contributed by atoms with van der Waals surface area (Å²) in [5.74, 6) is -2.38. The van der Waals surface area contributed by atoms with Gasteiger partial charge in [-0.2, -0.15) is 15.5 Å². The van der Waals surface area contributed by atoms with Crippen molar-refractivity contribution in [1.29, 1.82) is 5.26 Å². The first-order chi connectivity index (χ1) is 24.9. The van der Waals surface area contributed by atoms with Gasteiger partial charge in [-0.3, -0.25) is 28.5 Å². The van der Waals surface area contributed by atoms with E-state index in [1.165, 1.54) is 31.1 Å². The van der Waals surface area contributed by atoms with Crippen LogP contribution in [0.15, 0.2) is 35.7 Å². The Morgan fingerprint density at radius 1 is 0.889 bits per heavy atom. The van der Waals surface area contributed by atoms with Crippen molar-refractivity contribution in [2.75, 3.05) is 46.4 Å². The number of hydrogen-bond acceptors (Lipinski definition) is 14. The van der Waals surface area contributed by atoms with Crippen molar-refractivity contribution in [2.24, 2.45) is 0 Å². The number of nitrogens with one attached hydrogen (secondary N) is 1. The fraction of sp³-hybridized carbons (Fsp3) is 0.571. The first kappa shape index (κ1) is 52.4. The molecule has 0 aromatic carbocycles. The molecule has 4 rings (SSSR count). The zero-order valence-corrected chi connectivity index (χ0v) is 35.2. The second-order valence-electron chi connectivity index (χ2n) is 12.4. The molecule has 4 heterocycles. The van der Waals surface area contributed by atoms with Crippen molar-refractivity contribution in [2.45, 2.75) is 86.4 Å². The normalized spacial score (nSPS) is 14.2. The number of aliphatic hydroxyl groups excluding tert-OH is 3. The average molecular weight is 768 g/mol. The van der Waals surface area contributed by atoms with Crippen LogP contribution in [0.5, 0.6) is 0 Å². The molecule has 19 heteroatoms. The van der Waals surface area contributed by atoms with Crippen molar-refractivity contribution in [3.63, 3.8) is 0 Å². The number of aromatic nitrogens is 4. The number of aliphatic carboxylic acids is 1. The number of hydrogen-bond donors (Lipinski definition) is 5. The van der Waals surface area contributed by atoms with E-state index in [1.54, 1.807) is 0 Å². The maximum absolute atomic E-state index is 9.98. The number of carboxylic acid groups (broad SMARTS) is 1. The molecule has 54 heavy (non-hydrogen) atoms. The van der Waals surface area contributed by atoms with Gasteiger partial charge < -0.3 is 40.0 Å². The summed E-state index contributed by atoms with van der Waals surface area (Å²) in [4.78, 5) is 41.1. The van der Waals surface area contributed by atoms with Gasteiger partial charge in [-0.1, -0.05) is 0 Å². The van der Waals surface area contributed by atoms with Gasteiger partial charge in [-0.15, -0.1) is 0 Å². The summed E-state index contributed by atoms with van der Waals surface area (Å²) in [6.45, 7) is 17.2. The largest absolute Gasteiger partial charge is 1.00 e. The van der Waals surface area contributed by atoms with Crippen molar-refractivity contribution in [3.8, 4) is 6.07 Å². The molecule has 0 saturated heterocycles. The maximum atomic E-state index is 9.98. The number of carbonyl (C=O) groups is 4. The van der Waals surface area contributed by atoms with Gasteiger partial charge in [0.2, 0.25) is 0 Å². The minimum Gasteiger partial charge on any atom is -0.702 e. The third-order valence-electron chi connectivity index (χ3n) is 7.24. The standard InChI is InChI=1S/C13H21N3O.C12H19N3O.C4H6BO4.C4H5NO2.C2H4O2.Na/c1-10(2)16-13(4-6-14-16)12-8-15(3)7-5-11(12)9-17;1-9(2)15-12(4-6-14-15)11-7-13-5-3-10(11)8-16;1-3(6)8-5-9-4(2)7;1-3(6)4(7)2-5;1-2(3)4;/h4,6,10,17H,5,7-9H2,1-3H3;4,6,9,13,16H,3,5,7-8H2,1-2H3;1-2H3;4,7H,1H3;1H3,(H,3,4);/q;;-1;;;+1. The van der Waals surface area contributed by atoms with Crippen LogP contribution in [-0.2, 0) is 28.5 Å². The van der Waals surface area contributed by atoms with Crippen LogP contribution in [0, 0.1) is 11.3 Å². The molecule has 294 valence electrons. The van der Waals surface area contributed by atoms with E-state index in [4.69, 9.17) is 20.3 Å². The number of likely N-dealkylation sites (N-methyl/N-ethyl adjacent to an activating group) is 1. The van der Waals surface area contributed by atoms with Crippen LogP contribution in [0.4, 0.5) is 0 Å². The summed E-state index contributed by atoms with van der Waals surface area (Å²) in [7, 11) is 2.81. The van der Waals surface area contributed by atoms with Crippen LogP contribution in [0.2, 0.25) is 0 Å². The molecule has 2 aliphatic rings. The molecule has 0 spiro atoms. The second-order valence-corrected chi connectivity index (χ2v) is 12.4. The first-order valence-corrected chi connectivity index (χ1v) is 17.0. The SMILES string of the molecule is CC(=O)C(O)C#N.CC(=O)O.CC(=O)O[B-]OC(C)=O.CC(C)n1nccc1C1=C(CO)CCN(C)C1.CC(C)n1nccc1C1=C(CO)CCNC1.[Na+]. The van der Waals surface area contributed by atoms with Crippen molar-refractivity contribution in [3.05, 3.63) is 47.1 Å². The van der Waals surface area contributed by atoms with Gasteiger partial charge in [0, 0.05) is 64.9 Å². The number of aliphatic hydroxyl groups is 3. The van der Waals surface area contributed by atoms with Crippen LogP contribution in [0.1, 0.15) is 91.7 Å². The Balaban J connectivity index is 0. The molecule has 2 radical (unpaired) electrons. The Morgan fingerprint density at radius 2 is 1.33 bits per heavy atom. The summed E-state index contributed by atoms with van der Waals surface area (Å²) >= 11 is 0. The molecule has 2 aliphatic heterocycles. The molecule has 0 aliphatic carbocycles. The molecule has 1 unspecified atom stereocenters. The fourth-order valence-electron chi connectivity index (χ4n) is 4.73. The number of nitrogens with zero attached hydrogens (tertiary/aromatic N) is 6. The van der Waals surface area contributed by atoms with Gasteiger partial charge in [0.05, 0.1) is 24.6 Å². The molecule has 0 bridgehead atoms. The Kier molecular flexibility index (Phi) is 27.9. The predicted octanol–water partition coefficient (Wildman–Crippen LogP) is -1.05. The van der Waals surface area contributed by atoms with E-state index in [1.807, 2.05) is 33.9 Å². The number of carbonyl (C=O) groups excluding carboxylic acids is 3. The number of ketones is 1. The Bertz CT molecular complexity index is 1550.